The number of rotatable bonds is 2. The molecule has 0 unspecified atom stereocenters. The van der Waals surface area contributed by atoms with Crippen molar-refractivity contribution in [1.82, 2.24) is 19.9 Å². The number of carbonyl (C=O) groups is 1. The van der Waals surface area contributed by atoms with Crippen molar-refractivity contribution in [1.29, 1.82) is 0 Å². The highest BCUT2D eigenvalue weighted by Crippen LogP contribution is 2.22. The first-order valence-electron chi connectivity index (χ1n) is 6.74. The maximum absolute atomic E-state index is 11.7. The molecule has 1 aliphatic heterocycles. The summed E-state index contributed by atoms with van der Waals surface area (Å²) in [5.41, 5.74) is 1.85. The molecule has 1 amide bonds. The van der Waals surface area contributed by atoms with Crippen molar-refractivity contribution in [2.24, 2.45) is 0 Å². The van der Waals surface area contributed by atoms with Crippen LogP contribution < -0.4 is 4.90 Å². The molecular weight excluding hydrogens is 258 g/mol. The van der Waals surface area contributed by atoms with Crippen LogP contribution in [0.5, 0.6) is 0 Å². The highest BCUT2D eigenvalue weighted by Gasteiger charge is 2.23. The second-order valence-corrected chi connectivity index (χ2v) is 4.61. The largest absolute Gasteiger partial charge is 0.450 e. The summed E-state index contributed by atoms with van der Waals surface area (Å²) in [7, 11) is 0. The van der Waals surface area contributed by atoms with Crippen LogP contribution in [-0.2, 0) is 4.74 Å². The number of H-pyrrole nitrogens is 1. The standard InChI is InChI=1S/C13H17N5O2/c1-2-20-13(19)18-7-5-17(6-8-18)12-11-10(3-4-14-11)15-9-16-12/h3-4,9,14H,2,5-8H2,1H3. The number of carbonyl (C=O) groups excluding carboxylic acids is 1. The zero-order valence-corrected chi connectivity index (χ0v) is 11.4. The van der Waals surface area contributed by atoms with E-state index in [-0.39, 0.29) is 6.09 Å². The Kier molecular flexibility index (Phi) is 3.41. The lowest BCUT2D eigenvalue weighted by Crippen LogP contribution is -2.49. The first-order valence-corrected chi connectivity index (χ1v) is 6.74. The molecule has 1 saturated heterocycles. The average Bonchev–Trinajstić information content (AvgIpc) is 2.96. The molecule has 0 aromatic carbocycles. The van der Waals surface area contributed by atoms with Crippen molar-refractivity contribution < 1.29 is 9.53 Å². The predicted octanol–water partition coefficient (Wildman–Crippen LogP) is 1.24. The summed E-state index contributed by atoms with van der Waals surface area (Å²) < 4.78 is 5.02. The maximum Gasteiger partial charge on any atom is 0.409 e. The van der Waals surface area contributed by atoms with Crippen molar-refractivity contribution >= 4 is 22.9 Å². The summed E-state index contributed by atoms with van der Waals surface area (Å²) in [5, 5.41) is 0. The molecule has 106 valence electrons. The topological polar surface area (TPSA) is 74.3 Å². The molecule has 0 aliphatic carbocycles. The number of anilines is 1. The monoisotopic (exact) mass is 275 g/mol. The molecule has 2 aromatic heterocycles. The van der Waals surface area contributed by atoms with Crippen LogP contribution in [0.2, 0.25) is 0 Å². The number of aromatic nitrogens is 3. The van der Waals surface area contributed by atoms with E-state index >= 15 is 0 Å². The minimum atomic E-state index is -0.236. The van der Waals surface area contributed by atoms with E-state index in [9.17, 15) is 4.79 Å². The maximum atomic E-state index is 11.7. The molecule has 7 heteroatoms. The lowest BCUT2D eigenvalue weighted by molar-refractivity contribution is 0.105. The van der Waals surface area contributed by atoms with E-state index < -0.39 is 0 Å². The van der Waals surface area contributed by atoms with Crippen molar-refractivity contribution in [2.75, 3.05) is 37.7 Å². The Balaban J connectivity index is 1.72. The molecule has 1 fully saturated rings. The molecule has 0 spiro atoms. The van der Waals surface area contributed by atoms with Crippen LogP contribution in [0.15, 0.2) is 18.6 Å². The number of nitrogens with zero attached hydrogens (tertiary/aromatic N) is 4. The van der Waals surface area contributed by atoms with Crippen LogP contribution in [0.1, 0.15) is 6.92 Å². The van der Waals surface area contributed by atoms with Gasteiger partial charge in [-0.25, -0.2) is 14.8 Å². The first kappa shape index (κ1) is 12.7. The second kappa shape index (κ2) is 5.36. The zero-order chi connectivity index (χ0) is 13.9. The fraction of sp³-hybridized carbons (Fsp3) is 0.462. The number of nitrogens with one attached hydrogen (secondary N) is 1. The summed E-state index contributed by atoms with van der Waals surface area (Å²) in [4.78, 5) is 27.3. The molecule has 0 bridgehead atoms. The molecule has 0 atom stereocenters. The van der Waals surface area contributed by atoms with E-state index in [0.717, 1.165) is 29.9 Å². The Morgan fingerprint density at radius 3 is 2.90 bits per heavy atom. The summed E-state index contributed by atoms with van der Waals surface area (Å²) in [6.45, 7) is 5.00. The fourth-order valence-electron chi connectivity index (χ4n) is 2.41. The Bertz CT molecular complexity index is 604. The van der Waals surface area contributed by atoms with Gasteiger partial charge in [-0.05, 0) is 13.0 Å². The lowest BCUT2D eigenvalue weighted by atomic mass is 10.3. The number of piperazine rings is 1. The van der Waals surface area contributed by atoms with Gasteiger partial charge in [-0.3, -0.25) is 0 Å². The Hall–Kier alpha value is -2.31. The van der Waals surface area contributed by atoms with Gasteiger partial charge in [0.25, 0.3) is 0 Å². The van der Waals surface area contributed by atoms with Crippen molar-refractivity contribution in [2.45, 2.75) is 6.92 Å². The Morgan fingerprint density at radius 2 is 2.15 bits per heavy atom. The van der Waals surface area contributed by atoms with Crippen LogP contribution in [0, 0.1) is 0 Å². The molecular formula is C13H17N5O2. The lowest BCUT2D eigenvalue weighted by Gasteiger charge is -2.34. The van der Waals surface area contributed by atoms with E-state index in [2.05, 4.69) is 19.9 Å². The van der Waals surface area contributed by atoms with Gasteiger partial charge in [0.05, 0.1) is 12.1 Å². The van der Waals surface area contributed by atoms with E-state index in [4.69, 9.17) is 4.74 Å². The van der Waals surface area contributed by atoms with Crippen LogP contribution in [0.4, 0.5) is 10.6 Å². The second-order valence-electron chi connectivity index (χ2n) is 4.61. The Labute approximate surface area is 116 Å². The average molecular weight is 275 g/mol. The van der Waals surface area contributed by atoms with Crippen LogP contribution in [-0.4, -0.2) is 58.7 Å². The number of amides is 1. The molecule has 0 radical (unpaired) electrons. The highest BCUT2D eigenvalue weighted by atomic mass is 16.6. The first-order chi connectivity index (χ1) is 9.79. The van der Waals surface area contributed by atoms with Gasteiger partial charge in [0.2, 0.25) is 0 Å². The van der Waals surface area contributed by atoms with Gasteiger partial charge in [0.1, 0.15) is 11.8 Å². The van der Waals surface area contributed by atoms with Crippen molar-refractivity contribution in [3.05, 3.63) is 18.6 Å². The summed E-state index contributed by atoms with van der Waals surface area (Å²) in [6, 6.07) is 1.93. The predicted molar refractivity (Wildman–Crippen MR) is 74.7 cm³/mol. The van der Waals surface area contributed by atoms with Gasteiger partial charge in [-0.15, -0.1) is 0 Å². The number of fused-ring (bicyclic) bond motifs is 1. The summed E-state index contributed by atoms with van der Waals surface area (Å²) in [5.74, 6) is 0.892. The molecule has 3 rings (SSSR count). The number of hydrogen-bond donors (Lipinski definition) is 1. The van der Waals surface area contributed by atoms with Gasteiger partial charge in [-0.1, -0.05) is 0 Å². The molecule has 20 heavy (non-hydrogen) atoms. The Morgan fingerprint density at radius 1 is 1.35 bits per heavy atom. The SMILES string of the molecule is CCOC(=O)N1CCN(c2ncnc3cc[nH]c23)CC1. The quantitative estimate of drug-likeness (QED) is 0.892. The van der Waals surface area contributed by atoms with Gasteiger partial charge in [0.15, 0.2) is 5.82 Å². The molecule has 1 N–H and O–H groups in total. The highest BCUT2D eigenvalue weighted by molar-refractivity contribution is 5.86. The van der Waals surface area contributed by atoms with Gasteiger partial charge < -0.3 is 19.5 Å². The normalized spacial score (nSPS) is 15.7. The van der Waals surface area contributed by atoms with Gasteiger partial charge in [0, 0.05) is 32.4 Å². The van der Waals surface area contributed by atoms with E-state index in [1.165, 1.54) is 0 Å². The number of aromatic amines is 1. The van der Waals surface area contributed by atoms with Crippen LogP contribution >= 0.6 is 0 Å². The van der Waals surface area contributed by atoms with Gasteiger partial charge >= 0.3 is 6.09 Å². The van der Waals surface area contributed by atoms with Gasteiger partial charge in [-0.2, -0.15) is 0 Å². The van der Waals surface area contributed by atoms with Crippen molar-refractivity contribution in [3.8, 4) is 0 Å². The van der Waals surface area contributed by atoms with E-state index in [0.29, 0.717) is 19.7 Å². The fourth-order valence-corrected chi connectivity index (χ4v) is 2.41. The van der Waals surface area contributed by atoms with Crippen molar-refractivity contribution in [3.63, 3.8) is 0 Å². The smallest absolute Gasteiger partial charge is 0.409 e. The minimum absolute atomic E-state index is 0.236. The molecule has 0 saturated carbocycles. The van der Waals surface area contributed by atoms with Crippen LogP contribution in [0.25, 0.3) is 11.0 Å². The minimum Gasteiger partial charge on any atom is -0.450 e. The zero-order valence-electron chi connectivity index (χ0n) is 11.4. The third-order valence-electron chi connectivity index (χ3n) is 3.43. The molecule has 2 aromatic rings. The third-order valence-corrected chi connectivity index (χ3v) is 3.43. The molecule has 7 nitrogen and oxygen atoms in total. The number of hydrogen-bond acceptors (Lipinski definition) is 5. The van der Waals surface area contributed by atoms with Crippen LogP contribution in [0.3, 0.4) is 0 Å². The number of ether oxygens (including phenoxy) is 1. The summed E-state index contributed by atoms with van der Waals surface area (Å²) >= 11 is 0. The molecule has 1 aliphatic rings. The van der Waals surface area contributed by atoms with E-state index in [1.807, 2.05) is 19.2 Å². The third kappa shape index (κ3) is 2.26. The summed E-state index contributed by atoms with van der Waals surface area (Å²) in [6.07, 6.45) is 3.20. The molecule has 3 heterocycles. The van der Waals surface area contributed by atoms with E-state index in [1.54, 1.807) is 11.2 Å².